The van der Waals surface area contributed by atoms with E-state index in [1.54, 1.807) is 10.9 Å². The molecule has 0 fully saturated rings. The lowest BCUT2D eigenvalue weighted by Gasteiger charge is -2.18. The van der Waals surface area contributed by atoms with Crippen LogP contribution in [0.3, 0.4) is 0 Å². The monoisotopic (exact) mass is 495 g/mol. The molecule has 1 atom stereocenters. The molecule has 3 heterocycles. The number of rotatable bonds is 6. The van der Waals surface area contributed by atoms with Gasteiger partial charge in [-0.1, -0.05) is 49.7 Å². The lowest BCUT2D eigenvalue weighted by atomic mass is 9.97. The van der Waals surface area contributed by atoms with Gasteiger partial charge >= 0.3 is 0 Å². The Labute approximate surface area is 207 Å². The van der Waals surface area contributed by atoms with Gasteiger partial charge in [0.15, 0.2) is 5.82 Å². The Morgan fingerprint density at radius 3 is 2.63 bits per heavy atom. The van der Waals surface area contributed by atoms with Crippen molar-refractivity contribution in [1.82, 2.24) is 40.2 Å². The Morgan fingerprint density at radius 1 is 1.20 bits per heavy atom. The highest BCUT2D eigenvalue weighted by molar-refractivity contribution is 6.32. The van der Waals surface area contributed by atoms with E-state index in [-0.39, 0.29) is 11.2 Å². The highest BCUT2D eigenvalue weighted by Gasteiger charge is 2.25. The van der Waals surface area contributed by atoms with Gasteiger partial charge in [0.05, 0.1) is 17.9 Å². The fourth-order valence-corrected chi connectivity index (χ4v) is 3.67. The molecule has 0 aliphatic rings. The van der Waals surface area contributed by atoms with Gasteiger partial charge in [0, 0.05) is 29.2 Å². The van der Waals surface area contributed by atoms with E-state index in [1.165, 1.54) is 6.33 Å². The summed E-state index contributed by atoms with van der Waals surface area (Å²) < 4.78 is 6.89. The molecule has 0 bridgehead atoms. The molecule has 0 aliphatic heterocycles. The second kappa shape index (κ2) is 9.41. The first-order chi connectivity index (χ1) is 16.5. The van der Waals surface area contributed by atoms with Crippen molar-refractivity contribution in [2.24, 2.45) is 7.05 Å². The zero-order valence-corrected chi connectivity index (χ0v) is 21.0. The lowest BCUT2D eigenvalue weighted by Crippen LogP contribution is -2.28. The highest BCUT2D eigenvalue weighted by atomic mass is 35.5. The van der Waals surface area contributed by atoms with Crippen LogP contribution in [-0.4, -0.2) is 40.8 Å². The summed E-state index contributed by atoms with van der Waals surface area (Å²) in [6.07, 6.45) is 4.92. The average molecular weight is 496 g/mol. The standard InChI is InChI=1S/C23H26ClN9O2/c1-12-15(18-25-11-26-22(31-18)29-14-9-27-33(6)10-14)7-8-16(17(12)24)13(2)28-20(34)19-30-21(35-32-19)23(3,4)5/h7-11,13H,1-6H3,(H,28,34)(H,25,26,29,31)/t13-/m1/s1. The number of anilines is 2. The predicted molar refractivity (Wildman–Crippen MR) is 130 cm³/mol. The zero-order chi connectivity index (χ0) is 25.3. The molecular formula is C23H26ClN9O2. The van der Waals surface area contributed by atoms with E-state index >= 15 is 0 Å². The van der Waals surface area contributed by atoms with Gasteiger partial charge in [0.2, 0.25) is 11.8 Å². The molecule has 0 aliphatic carbocycles. The number of carbonyl (C=O) groups is 1. The van der Waals surface area contributed by atoms with Gasteiger partial charge in [-0.3, -0.25) is 9.48 Å². The molecule has 0 unspecified atom stereocenters. The maximum Gasteiger partial charge on any atom is 0.293 e. The molecule has 2 N–H and O–H groups in total. The molecule has 35 heavy (non-hydrogen) atoms. The third-order valence-electron chi connectivity index (χ3n) is 5.27. The first kappa shape index (κ1) is 24.3. The van der Waals surface area contributed by atoms with Crippen molar-refractivity contribution in [3.8, 4) is 11.4 Å². The van der Waals surface area contributed by atoms with E-state index < -0.39 is 11.9 Å². The van der Waals surface area contributed by atoms with E-state index in [0.29, 0.717) is 22.7 Å². The van der Waals surface area contributed by atoms with Gasteiger partial charge in [-0.05, 0) is 25.0 Å². The second-order valence-electron chi connectivity index (χ2n) is 9.17. The van der Waals surface area contributed by atoms with Crippen LogP contribution < -0.4 is 10.6 Å². The van der Waals surface area contributed by atoms with Gasteiger partial charge in [0.25, 0.3) is 11.7 Å². The van der Waals surface area contributed by atoms with Crippen LogP contribution in [0, 0.1) is 6.92 Å². The summed E-state index contributed by atoms with van der Waals surface area (Å²) in [4.78, 5) is 29.9. The molecule has 1 aromatic carbocycles. The predicted octanol–water partition coefficient (Wildman–Crippen LogP) is 4.15. The van der Waals surface area contributed by atoms with Crippen molar-refractivity contribution >= 4 is 29.1 Å². The van der Waals surface area contributed by atoms with Gasteiger partial charge in [-0.15, -0.1) is 0 Å². The highest BCUT2D eigenvalue weighted by Crippen LogP contribution is 2.33. The molecule has 3 aromatic heterocycles. The molecule has 4 aromatic rings. The topological polar surface area (TPSA) is 137 Å². The first-order valence-corrected chi connectivity index (χ1v) is 11.3. The Hall–Kier alpha value is -3.86. The molecule has 0 radical (unpaired) electrons. The smallest absolute Gasteiger partial charge is 0.293 e. The molecule has 12 heteroatoms. The van der Waals surface area contributed by atoms with Crippen LogP contribution in [0.4, 0.5) is 11.6 Å². The van der Waals surface area contributed by atoms with Crippen molar-refractivity contribution in [2.75, 3.05) is 5.32 Å². The number of aromatic nitrogens is 7. The third kappa shape index (κ3) is 5.29. The van der Waals surface area contributed by atoms with Gasteiger partial charge in [0.1, 0.15) is 6.33 Å². The second-order valence-corrected chi connectivity index (χ2v) is 9.55. The number of nitrogens with one attached hydrogen (secondary N) is 2. The SMILES string of the molecule is Cc1c(-c2ncnc(Nc3cnn(C)c3)n2)ccc([C@@H](C)NC(=O)c2noc(C(C)(C)C)n2)c1Cl. The Morgan fingerprint density at radius 2 is 1.97 bits per heavy atom. The van der Waals surface area contributed by atoms with Crippen LogP contribution in [0.25, 0.3) is 11.4 Å². The molecule has 0 saturated heterocycles. The average Bonchev–Trinajstić information content (AvgIpc) is 3.45. The molecule has 0 spiro atoms. The fourth-order valence-electron chi connectivity index (χ4n) is 3.34. The molecule has 1 amide bonds. The number of hydrogen-bond acceptors (Lipinski definition) is 9. The summed E-state index contributed by atoms with van der Waals surface area (Å²) in [5.74, 6) is 0.778. The summed E-state index contributed by atoms with van der Waals surface area (Å²) in [6, 6.07) is 3.30. The number of carbonyl (C=O) groups excluding carboxylic acids is 1. The maximum atomic E-state index is 12.7. The van der Waals surface area contributed by atoms with Crippen molar-refractivity contribution in [3.63, 3.8) is 0 Å². The molecular weight excluding hydrogens is 470 g/mol. The van der Waals surface area contributed by atoms with E-state index in [2.05, 4.69) is 40.8 Å². The lowest BCUT2D eigenvalue weighted by molar-refractivity contribution is 0.0926. The third-order valence-corrected chi connectivity index (χ3v) is 5.78. The summed E-state index contributed by atoms with van der Waals surface area (Å²) in [5, 5.41) is 14.4. The minimum atomic E-state index is -0.446. The Balaban J connectivity index is 1.53. The number of benzene rings is 1. The largest absolute Gasteiger partial charge is 0.343 e. The normalized spacial score (nSPS) is 12.4. The number of amides is 1. The van der Waals surface area contributed by atoms with E-state index in [9.17, 15) is 4.79 Å². The molecule has 0 saturated carbocycles. The molecule has 4 rings (SSSR count). The molecule has 182 valence electrons. The first-order valence-electron chi connectivity index (χ1n) is 10.9. The number of aryl methyl sites for hydroxylation is 1. The van der Waals surface area contributed by atoms with Gasteiger partial charge in [-0.2, -0.15) is 15.1 Å². The number of hydrogen-bond donors (Lipinski definition) is 2. The number of halogens is 1. The van der Waals surface area contributed by atoms with Crippen molar-refractivity contribution < 1.29 is 9.32 Å². The summed E-state index contributed by atoms with van der Waals surface area (Å²) in [5.41, 5.74) is 2.68. The number of nitrogens with zero attached hydrogens (tertiary/aromatic N) is 7. The Kier molecular flexibility index (Phi) is 6.53. The summed E-state index contributed by atoms with van der Waals surface area (Å²) in [7, 11) is 1.83. The maximum absolute atomic E-state index is 12.7. The quantitative estimate of drug-likeness (QED) is 0.404. The summed E-state index contributed by atoms with van der Waals surface area (Å²) in [6.45, 7) is 9.50. The zero-order valence-electron chi connectivity index (χ0n) is 20.3. The Bertz CT molecular complexity index is 1370. The van der Waals surface area contributed by atoms with Crippen LogP contribution in [-0.2, 0) is 12.5 Å². The molecule has 11 nitrogen and oxygen atoms in total. The van der Waals surface area contributed by atoms with Crippen molar-refractivity contribution in [1.29, 1.82) is 0 Å². The fraction of sp³-hybridized carbons (Fsp3) is 0.348. The summed E-state index contributed by atoms with van der Waals surface area (Å²) >= 11 is 6.71. The minimum absolute atomic E-state index is 0.0231. The van der Waals surface area contributed by atoms with Crippen molar-refractivity contribution in [2.45, 2.75) is 46.1 Å². The minimum Gasteiger partial charge on any atom is -0.343 e. The van der Waals surface area contributed by atoms with Crippen LogP contribution in [0.15, 0.2) is 35.4 Å². The van der Waals surface area contributed by atoms with E-state index in [4.69, 9.17) is 16.1 Å². The van der Waals surface area contributed by atoms with Gasteiger partial charge in [-0.25, -0.2) is 9.97 Å². The van der Waals surface area contributed by atoms with Crippen LogP contribution in [0.5, 0.6) is 0 Å². The van der Waals surface area contributed by atoms with Crippen LogP contribution >= 0.6 is 11.6 Å². The van der Waals surface area contributed by atoms with Gasteiger partial charge < -0.3 is 15.2 Å². The van der Waals surface area contributed by atoms with Crippen molar-refractivity contribution in [3.05, 3.63) is 58.7 Å². The van der Waals surface area contributed by atoms with E-state index in [0.717, 1.165) is 22.4 Å². The van der Waals surface area contributed by atoms with Crippen LogP contribution in [0.2, 0.25) is 5.02 Å². The van der Waals surface area contributed by atoms with Crippen LogP contribution in [0.1, 0.15) is 61.4 Å². The van der Waals surface area contributed by atoms with E-state index in [1.807, 2.05) is 60.0 Å².